The van der Waals surface area contributed by atoms with Gasteiger partial charge in [-0.1, -0.05) is 12.1 Å². The summed E-state index contributed by atoms with van der Waals surface area (Å²) in [7, 11) is 0. The Labute approximate surface area is 181 Å². The second kappa shape index (κ2) is 9.94. The summed E-state index contributed by atoms with van der Waals surface area (Å²) < 4.78 is 16.0. The topological polar surface area (TPSA) is 161 Å². The van der Waals surface area contributed by atoms with E-state index < -0.39 is 22.5 Å². The van der Waals surface area contributed by atoms with Crippen molar-refractivity contribution in [1.29, 1.82) is 5.26 Å². The predicted octanol–water partition coefficient (Wildman–Crippen LogP) is 2.77. The Kier molecular flexibility index (Phi) is 6.87. The molecule has 0 fully saturated rings. The van der Waals surface area contributed by atoms with Crippen molar-refractivity contribution in [3.05, 3.63) is 57.6 Å². The third-order valence-corrected chi connectivity index (χ3v) is 4.25. The zero-order valence-electron chi connectivity index (χ0n) is 16.6. The van der Waals surface area contributed by atoms with Crippen LogP contribution in [0.3, 0.4) is 0 Å². The molecule has 1 aliphatic heterocycles. The smallest absolute Gasteiger partial charge is 0.306 e. The molecule has 1 amide bonds. The molecule has 164 valence electrons. The van der Waals surface area contributed by atoms with Gasteiger partial charge in [0.15, 0.2) is 11.5 Å². The van der Waals surface area contributed by atoms with Crippen molar-refractivity contribution in [2.75, 3.05) is 25.1 Å². The lowest BCUT2D eigenvalue weighted by atomic mass is 10.1. The molecule has 11 heteroatoms. The molecule has 0 saturated heterocycles. The number of nitriles is 1. The van der Waals surface area contributed by atoms with Crippen LogP contribution in [0.2, 0.25) is 0 Å². The highest BCUT2D eigenvalue weighted by molar-refractivity contribution is 6.10. The summed E-state index contributed by atoms with van der Waals surface area (Å²) in [5.41, 5.74) is -0.317. The van der Waals surface area contributed by atoms with Gasteiger partial charge in [-0.25, -0.2) is 0 Å². The number of fused-ring (bicyclic) bond motifs is 1. The van der Waals surface area contributed by atoms with Gasteiger partial charge in [-0.3, -0.25) is 19.7 Å². The van der Waals surface area contributed by atoms with Crippen LogP contribution in [-0.2, 0) is 9.59 Å². The third-order valence-electron chi connectivity index (χ3n) is 4.25. The lowest BCUT2D eigenvalue weighted by Gasteiger charge is -2.19. The first-order valence-corrected chi connectivity index (χ1v) is 9.33. The van der Waals surface area contributed by atoms with Gasteiger partial charge in [0, 0.05) is 6.07 Å². The summed E-state index contributed by atoms with van der Waals surface area (Å²) in [5.74, 6) is -0.944. The fourth-order valence-electron chi connectivity index (χ4n) is 2.75. The Balaban J connectivity index is 1.76. The maximum Gasteiger partial charge on any atom is 0.306 e. The number of carboxylic acids is 1. The lowest BCUT2D eigenvalue weighted by molar-refractivity contribution is -0.384. The Morgan fingerprint density at radius 1 is 1.22 bits per heavy atom. The van der Waals surface area contributed by atoms with Crippen LogP contribution in [-0.4, -0.2) is 41.7 Å². The number of nitrogens with one attached hydrogen (secondary N) is 1. The molecular weight excluding hydrogens is 422 g/mol. The summed E-state index contributed by atoms with van der Waals surface area (Å²) in [6, 6.07) is 10.5. The molecule has 0 saturated carbocycles. The second-order valence-corrected chi connectivity index (χ2v) is 6.46. The minimum atomic E-state index is -0.979. The minimum Gasteiger partial charge on any atom is -0.493 e. The lowest BCUT2D eigenvalue weighted by Crippen LogP contribution is -2.18. The van der Waals surface area contributed by atoms with Crippen LogP contribution < -0.4 is 19.5 Å². The van der Waals surface area contributed by atoms with Crippen molar-refractivity contribution >= 4 is 29.3 Å². The van der Waals surface area contributed by atoms with E-state index in [4.69, 9.17) is 19.3 Å². The van der Waals surface area contributed by atoms with Crippen molar-refractivity contribution in [1.82, 2.24) is 0 Å². The highest BCUT2D eigenvalue weighted by Crippen LogP contribution is 2.39. The van der Waals surface area contributed by atoms with E-state index in [9.17, 15) is 25.0 Å². The van der Waals surface area contributed by atoms with Crippen molar-refractivity contribution in [3.8, 4) is 23.3 Å². The van der Waals surface area contributed by atoms with Gasteiger partial charge in [-0.2, -0.15) is 5.26 Å². The molecule has 0 atom stereocenters. The Morgan fingerprint density at radius 2 is 1.88 bits per heavy atom. The second-order valence-electron chi connectivity index (χ2n) is 6.46. The molecule has 2 aromatic rings. The van der Waals surface area contributed by atoms with E-state index in [1.807, 2.05) is 0 Å². The average Bonchev–Trinajstić information content (AvgIpc) is 2.77. The molecule has 2 aromatic carbocycles. The number of nitrogens with zero attached hydrogens (tertiary/aromatic N) is 2. The highest BCUT2D eigenvalue weighted by atomic mass is 16.6. The molecule has 0 spiro atoms. The summed E-state index contributed by atoms with van der Waals surface area (Å²) in [6.07, 6.45) is 1.16. The van der Waals surface area contributed by atoms with Crippen LogP contribution in [0.5, 0.6) is 17.2 Å². The van der Waals surface area contributed by atoms with Gasteiger partial charge in [0.1, 0.15) is 36.3 Å². The highest BCUT2D eigenvalue weighted by Gasteiger charge is 2.24. The van der Waals surface area contributed by atoms with Crippen LogP contribution in [0, 0.1) is 21.4 Å². The third kappa shape index (κ3) is 5.51. The number of benzene rings is 2. The Bertz CT molecular complexity index is 1120. The zero-order chi connectivity index (χ0) is 23.1. The van der Waals surface area contributed by atoms with E-state index in [2.05, 4.69) is 5.32 Å². The summed E-state index contributed by atoms with van der Waals surface area (Å²) in [6.45, 7) is 0.517. The number of nitro groups is 1. The van der Waals surface area contributed by atoms with E-state index in [0.717, 1.165) is 6.07 Å². The number of ether oxygens (including phenoxy) is 3. The summed E-state index contributed by atoms with van der Waals surface area (Å²) >= 11 is 0. The number of hydrogen-bond donors (Lipinski definition) is 2. The number of anilines is 1. The molecule has 11 nitrogen and oxygen atoms in total. The van der Waals surface area contributed by atoms with Crippen LogP contribution >= 0.6 is 0 Å². The standard InChI is InChI=1S/C21H17N3O8/c22-12-14(9-13-1-3-15(4-2-13)30-6-5-20(25)26)21(27)23-16-10-18-19(32-8-7-31-18)11-17(16)24(28)29/h1-4,9-11H,5-8H2,(H,23,27)(H,25,26)/b14-9+. The van der Waals surface area contributed by atoms with E-state index in [1.54, 1.807) is 30.3 Å². The maximum absolute atomic E-state index is 12.6. The van der Waals surface area contributed by atoms with Gasteiger partial charge in [-0.15, -0.1) is 0 Å². The largest absolute Gasteiger partial charge is 0.493 e. The minimum absolute atomic E-state index is 0.00465. The van der Waals surface area contributed by atoms with Crippen LogP contribution in [0.1, 0.15) is 12.0 Å². The molecule has 3 rings (SSSR count). The molecule has 1 aliphatic rings. The number of amides is 1. The van der Waals surface area contributed by atoms with Crippen LogP contribution in [0.4, 0.5) is 11.4 Å². The van der Waals surface area contributed by atoms with Gasteiger partial charge in [-0.05, 0) is 23.8 Å². The van der Waals surface area contributed by atoms with Gasteiger partial charge in [0.25, 0.3) is 11.6 Å². The number of nitro benzene ring substituents is 1. The average molecular weight is 439 g/mol. The van der Waals surface area contributed by atoms with Crippen molar-refractivity contribution in [2.45, 2.75) is 6.42 Å². The van der Waals surface area contributed by atoms with E-state index in [0.29, 0.717) is 11.3 Å². The quantitative estimate of drug-likeness (QED) is 0.273. The monoisotopic (exact) mass is 439 g/mol. The fraction of sp³-hybridized carbons (Fsp3) is 0.190. The van der Waals surface area contributed by atoms with Crippen molar-refractivity contribution in [2.24, 2.45) is 0 Å². The normalized spacial score (nSPS) is 12.4. The first kappa shape index (κ1) is 22.1. The molecular formula is C21H17N3O8. The SMILES string of the molecule is N#C/C(=C\c1ccc(OCCC(=O)O)cc1)C(=O)Nc1cc2c(cc1[N+](=O)[O-])OCCO2. The first-order valence-electron chi connectivity index (χ1n) is 9.33. The number of carboxylic acid groups (broad SMARTS) is 1. The molecule has 32 heavy (non-hydrogen) atoms. The molecule has 2 N–H and O–H groups in total. The number of carbonyl (C=O) groups excluding carboxylic acids is 1. The predicted molar refractivity (Wildman–Crippen MR) is 110 cm³/mol. The van der Waals surface area contributed by atoms with E-state index in [-0.39, 0.29) is 49.0 Å². The Morgan fingerprint density at radius 3 is 2.47 bits per heavy atom. The molecule has 0 aromatic heterocycles. The van der Waals surface area contributed by atoms with Gasteiger partial charge in [0.2, 0.25) is 0 Å². The summed E-state index contributed by atoms with van der Waals surface area (Å²) in [4.78, 5) is 33.8. The maximum atomic E-state index is 12.6. The van der Waals surface area contributed by atoms with Crippen LogP contribution in [0.25, 0.3) is 6.08 Å². The number of hydrogen-bond acceptors (Lipinski definition) is 8. The van der Waals surface area contributed by atoms with Crippen molar-refractivity contribution < 1.29 is 33.8 Å². The number of carbonyl (C=O) groups is 2. The molecule has 0 unspecified atom stereocenters. The fourth-order valence-corrected chi connectivity index (χ4v) is 2.75. The van der Waals surface area contributed by atoms with Gasteiger partial charge in [0.05, 0.1) is 24.0 Å². The van der Waals surface area contributed by atoms with Gasteiger partial charge < -0.3 is 24.6 Å². The molecule has 0 bridgehead atoms. The molecule has 1 heterocycles. The number of rotatable bonds is 8. The van der Waals surface area contributed by atoms with Crippen molar-refractivity contribution in [3.63, 3.8) is 0 Å². The molecule has 0 radical (unpaired) electrons. The Hall–Kier alpha value is -4.59. The zero-order valence-corrected chi connectivity index (χ0v) is 16.6. The van der Waals surface area contributed by atoms with Gasteiger partial charge >= 0.3 is 5.97 Å². The molecule has 0 aliphatic carbocycles. The van der Waals surface area contributed by atoms with Crippen LogP contribution in [0.15, 0.2) is 42.0 Å². The number of aliphatic carboxylic acids is 1. The van der Waals surface area contributed by atoms with E-state index >= 15 is 0 Å². The summed E-state index contributed by atoms with van der Waals surface area (Å²) in [5, 5.41) is 31.8. The first-order chi connectivity index (χ1) is 15.4. The van der Waals surface area contributed by atoms with E-state index in [1.165, 1.54) is 12.1 Å².